The van der Waals surface area contributed by atoms with Crippen LogP contribution in [0.25, 0.3) is 55.6 Å². The average Bonchev–Trinajstić information content (AvgIpc) is 1.44. The van der Waals surface area contributed by atoms with E-state index in [9.17, 15) is 116 Å². The maximum Gasteiger partial charge on any atom is 0.392 e. The summed E-state index contributed by atoms with van der Waals surface area (Å²) in [6.07, 6.45) is -12.4. The van der Waals surface area contributed by atoms with E-state index in [1.165, 1.54) is 60.8 Å². The number of carbonyl (C=O) groups is 5. The summed E-state index contributed by atoms with van der Waals surface area (Å²) in [5.41, 5.74) is 28.9. The van der Waals surface area contributed by atoms with E-state index in [1.54, 1.807) is 6.92 Å². The minimum Gasteiger partial charge on any atom is -0.474 e. The summed E-state index contributed by atoms with van der Waals surface area (Å²) in [6, 6.07) is 18.2. The lowest BCUT2D eigenvalue weighted by Gasteiger charge is -2.32. The number of nitrogens with two attached hydrogens (primary N) is 5. The van der Waals surface area contributed by atoms with Crippen molar-refractivity contribution >= 4 is 29.5 Å². The molecule has 127 heavy (non-hydrogen) atoms. The molecule has 674 valence electrons. The Morgan fingerprint density at radius 3 is 1.06 bits per heavy atom. The summed E-state index contributed by atoms with van der Waals surface area (Å²) in [5, 5.41) is 3.57. The maximum atomic E-state index is 14.3. The number of benzene rings is 4. The van der Waals surface area contributed by atoms with Crippen molar-refractivity contribution in [2.75, 3.05) is 13.2 Å². The van der Waals surface area contributed by atoms with Crippen LogP contribution in [-0.2, 0) is 41.6 Å². The molecule has 10 N–H and O–H groups in total. The standard InChI is InChI=1S/C18H16F4N2O3.C17H13F5N2O2.2C16H12F4N2O2.C15H14F4N4O3/c1-8-4-12-11(10-3-2-9(19)5-13(10)20)6-14(16(23)25)24-17(12)27-15(8)7-26-18(21)22;18-8-1-3-10(13(19)5-8)12-6-14(15(23)25)24-16-11(12)4-2-9(26-16)7-17(20,21)22;2*17-7-1-2-8(11(18)5-7)10-6-12(15(21)23)22-16-9(10)3-4-13(24-16)14(19)20;16-14(17)23-5-7(4-21-23)10-3-11(12(20)24)22-13-9(10)2-1-8(26-13)6-25-15(18)19/h2-3,5-6,8,15,18H,4,7H2,1H3,(H2,23,25);1,3,5-6,9H,2,4,7H2,(H2,23,25);2*1-2,5-6,13-14H,3-4H2,(H2,21,23);3-5,8,14-15H,1-2,6H2,(H2,20,24)/t8-,15+;9-;2*13-;8-/m10101/s1. The fourth-order valence-corrected chi connectivity index (χ4v) is 13.8. The van der Waals surface area contributed by atoms with Crippen molar-refractivity contribution in [1.29, 1.82) is 0 Å². The van der Waals surface area contributed by atoms with Crippen molar-refractivity contribution in [3.8, 4) is 85.0 Å². The molecule has 5 amide bonds. The first-order valence-electron chi connectivity index (χ1n) is 37.6. The third-order valence-electron chi connectivity index (χ3n) is 19.8. The van der Waals surface area contributed by atoms with Crippen LogP contribution in [0, 0.1) is 52.5 Å². The molecule has 0 saturated carbocycles. The summed E-state index contributed by atoms with van der Waals surface area (Å²) in [7, 11) is 0. The van der Waals surface area contributed by atoms with Crippen molar-refractivity contribution in [2.45, 2.75) is 140 Å². The number of alkyl halides is 13. The Balaban J connectivity index is 0.000000154. The predicted octanol–water partition coefficient (Wildman–Crippen LogP) is 15.6. The molecule has 0 radical (unpaired) electrons. The van der Waals surface area contributed by atoms with E-state index in [0.717, 1.165) is 36.5 Å². The van der Waals surface area contributed by atoms with Gasteiger partial charge in [-0.2, -0.15) is 44.6 Å². The molecular weight excluding hydrogens is 1740 g/mol. The molecule has 0 fully saturated rings. The summed E-state index contributed by atoms with van der Waals surface area (Å²) >= 11 is 0. The molecule has 0 spiro atoms. The first-order valence-corrected chi connectivity index (χ1v) is 37.6. The van der Waals surface area contributed by atoms with Gasteiger partial charge in [-0.1, -0.05) is 6.92 Å². The molecular formula is C82H67F21N12O12. The van der Waals surface area contributed by atoms with Gasteiger partial charge in [-0.15, -0.1) is 0 Å². The van der Waals surface area contributed by atoms with Crippen molar-refractivity contribution in [3.05, 3.63) is 218 Å². The van der Waals surface area contributed by atoms with Gasteiger partial charge in [-0.25, -0.2) is 82.3 Å². The number of hydrogen-bond donors (Lipinski definition) is 5. The van der Waals surface area contributed by atoms with Crippen LogP contribution in [-0.4, -0.2) is 140 Å². The number of fused-ring (bicyclic) bond motifs is 5. The highest BCUT2D eigenvalue weighted by Gasteiger charge is 2.39. The number of carbonyl (C=O) groups excluding carboxylic acids is 5. The Labute approximate surface area is 702 Å². The molecule has 0 unspecified atom stereocenters. The van der Waals surface area contributed by atoms with Gasteiger partial charge >= 0.3 is 25.9 Å². The lowest BCUT2D eigenvalue weighted by atomic mass is 9.88. The number of pyridine rings is 5. The third-order valence-corrected chi connectivity index (χ3v) is 19.8. The van der Waals surface area contributed by atoms with E-state index < -0.39 is 152 Å². The topological polar surface area (TPSA) is 362 Å². The Bertz CT molecular complexity index is 5640. The summed E-state index contributed by atoms with van der Waals surface area (Å²) in [4.78, 5) is 77.1. The highest BCUT2D eigenvalue weighted by Crippen LogP contribution is 2.45. The molecule has 5 aliphatic rings. The number of halogens is 21. The minimum atomic E-state index is -4.42. The largest absolute Gasteiger partial charge is 0.474 e. The minimum absolute atomic E-state index is 0.00834. The van der Waals surface area contributed by atoms with Crippen molar-refractivity contribution in [2.24, 2.45) is 34.6 Å². The number of hydrogen-bond acceptors (Lipinski definition) is 18. The van der Waals surface area contributed by atoms with Crippen LogP contribution >= 0.6 is 0 Å². The van der Waals surface area contributed by atoms with Crippen molar-refractivity contribution in [3.63, 3.8) is 0 Å². The van der Waals surface area contributed by atoms with E-state index in [-0.39, 0.29) is 160 Å². The molecule has 0 aliphatic carbocycles. The van der Waals surface area contributed by atoms with Crippen LogP contribution in [0.2, 0.25) is 0 Å². The molecule has 15 rings (SSSR count). The SMILES string of the molecule is C[C@@H]1Cc2c(-c3ccc(F)cc3F)cc(C(N)=O)nc2O[C@H]1COC(F)F.NC(=O)c1cc(-c2ccc(F)cc2F)c2c(n1)O[C@@H](C(F)F)CC2.NC(=O)c1cc(-c2ccc(F)cc2F)c2c(n1)O[C@H](C(F)F)CC2.NC(=O)c1cc(-c2ccc(F)cc2F)c2c(n1)O[C@H](CC(F)(F)F)CC2.NC(=O)c1cc(-c2cnn(C(F)F)c2)c2c(n1)O[C@@H](COC(F)F)CC2. The van der Waals surface area contributed by atoms with Crippen LogP contribution in [0.3, 0.4) is 0 Å². The predicted molar refractivity (Wildman–Crippen MR) is 402 cm³/mol. The molecule has 11 heterocycles. The number of rotatable bonds is 20. The van der Waals surface area contributed by atoms with Crippen LogP contribution in [0.15, 0.2) is 116 Å². The van der Waals surface area contributed by atoms with E-state index in [2.05, 4.69) is 39.5 Å². The van der Waals surface area contributed by atoms with Crippen LogP contribution in [0.4, 0.5) is 92.2 Å². The number of amides is 5. The molecule has 6 atom stereocenters. The van der Waals surface area contributed by atoms with Gasteiger partial charge in [0.15, 0.2) is 12.2 Å². The van der Waals surface area contributed by atoms with Gasteiger partial charge in [0.1, 0.15) is 93.3 Å². The van der Waals surface area contributed by atoms with E-state index in [0.29, 0.717) is 81.1 Å². The number of primary amides is 5. The number of ether oxygens (including phenoxy) is 7. The zero-order chi connectivity index (χ0) is 92.5. The first-order chi connectivity index (χ1) is 60.0. The number of aromatic nitrogens is 7. The average molecular weight is 1810 g/mol. The van der Waals surface area contributed by atoms with Crippen LogP contribution in [0.1, 0.15) is 126 Å². The Morgan fingerprint density at radius 1 is 0.409 bits per heavy atom. The second-order valence-corrected chi connectivity index (χ2v) is 28.5. The van der Waals surface area contributed by atoms with Crippen molar-refractivity contribution in [1.82, 2.24) is 34.7 Å². The highest BCUT2D eigenvalue weighted by atomic mass is 19.4. The first kappa shape index (κ1) is 94.3. The van der Waals surface area contributed by atoms with Crippen LogP contribution in [0.5, 0.6) is 29.4 Å². The van der Waals surface area contributed by atoms with E-state index in [1.807, 2.05) is 0 Å². The van der Waals surface area contributed by atoms with Crippen LogP contribution < -0.4 is 52.4 Å². The summed E-state index contributed by atoms with van der Waals surface area (Å²) in [6.45, 7) is -7.66. The molecule has 0 bridgehead atoms. The second kappa shape index (κ2) is 40.3. The Hall–Kier alpha value is -13.4. The third kappa shape index (κ3) is 23.4. The zero-order valence-electron chi connectivity index (χ0n) is 65.2. The normalized spacial score (nSPS) is 17.1. The van der Waals surface area contributed by atoms with Gasteiger partial charge in [-0.05, 0) is 170 Å². The Morgan fingerprint density at radius 2 is 0.724 bits per heavy atom. The van der Waals surface area contributed by atoms with Gasteiger partial charge in [0.2, 0.25) is 29.4 Å². The summed E-state index contributed by atoms with van der Waals surface area (Å²) in [5.74, 6) is -11.7. The maximum absolute atomic E-state index is 14.3. The summed E-state index contributed by atoms with van der Waals surface area (Å²) < 4.78 is 309. The number of nitrogens with zero attached hydrogens (tertiary/aromatic N) is 7. The van der Waals surface area contributed by atoms with Gasteiger partial charge in [0.25, 0.3) is 42.4 Å². The van der Waals surface area contributed by atoms with Gasteiger partial charge in [0, 0.05) is 86.1 Å². The van der Waals surface area contributed by atoms with E-state index in [4.69, 9.17) is 52.4 Å². The molecule has 4 aromatic carbocycles. The lowest BCUT2D eigenvalue weighted by Crippen LogP contribution is -2.36. The van der Waals surface area contributed by atoms with Gasteiger partial charge in [-0.3, -0.25) is 24.0 Å². The molecule has 45 heteroatoms. The fraction of sp³-hybridized carbons (Fsp3) is 0.305. The zero-order valence-corrected chi connectivity index (χ0v) is 65.2. The Kier molecular flexibility index (Phi) is 29.9. The fourth-order valence-electron chi connectivity index (χ4n) is 13.8. The lowest BCUT2D eigenvalue weighted by molar-refractivity contribution is -0.152. The molecule has 10 aromatic rings. The molecule has 0 saturated heterocycles. The molecule has 5 aliphatic heterocycles. The molecule has 6 aromatic heterocycles. The van der Waals surface area contributed by atoms with E-state index >= 15 is 0 Å². The van der Waals surface area contributed by atoms with Crippen molar-refractivity contribution < 1.29 is 149 Å². The quantitative estimate of drug-likeness (QED) is 0.0442. The van der Waals surface area contributed by atoms with Gasteiger partial charge in [0.05, 0.1) is 25.8 Å². The van der Waals surface area contributed by atoms with Gasteiger partial charge < -0.3 is 61.8 Å². The second-order valence-electron chi connectivity index (χ2n) is 28.5. The monoisotopic (exact) mass is 1810 g/mol. The molecule has 24 nitrogen and oxygen atoms in total. The smallest absolute Gasteiger partial charge is 0.392 e. The highest BCUT2D eigenvalue weighted by molar-refractivity contribution is 5.96.